The Bertz CT molecular complexity index is 467. The maximum absolute atomic E-state index is 4.91. The van der Waals surface area contributed by atoms with Crippen LogP contribution in [0, 0.1) is 11.6 Å². The molecular weight excluding hydrogens is 194 g/mol. The van der Waals surface area contributed by atoms with E-state index in [1.807, 2.05) is 19.1 Å². The summed E-state index contributed by atoms with van der Waals surface area (Å²) in [5.41, 5.74) is 2.84. The van der Waals surface area contributed by atoms with Gasteiger partial charge in [0.25, 0.3) is 0 Å². The fourth-order valence-corrected chi connectivity index (χ4v) is 1.23. The van der Waals surface area contributed by atoms with E-state index < -0.39 is 0 Å². The third-order valence-electron chi connectivity index (χ3n) is 1.88. The Labute approximate surface area is 86.9 Å². The number of aromatic amines is 1. The van der Waals surface area contributed by atoms with Gasteiger partial charge in [-0.1, -0.05) is 12.2 Å². The Morgan fingerprint density at radius 1 is 1.21 bits per heavy atom. The van der Waals surface area contributed by atoms with E-state index in [1.165, 1.54) is 0 Å². The van der Waals surface area contributed by atoms with E-state index in [0.29, 0.717) is 4.64 Å². The molecule has 3 nitrogen and oxygen atoms in total. The summed E-state index contributed by atoms with van der Waals surface area (Å²) >= 11 is 4.91. The Kier molecular flexibility index (Phi) is 2.37. The quantitative estimate of drug-likeness (QED) is 0.724. The SMILES string of the molecule is Cc1ccc(-c2c[nH]c(=S)cn2)cn1. The van der Waals surface area contributed by atoms with Crippen LogP contribution >= 0.6 is 12.2 Å². The van der Waals surface area contributed by atoms with Gasteiger partial charge >= 0.3 is 0 Å². The third kappa shape index (κ3) is 1.85. The molecule has 0 radical (unpaired) electrons. The predicted octanol–water partition coefficient (Wildman–Crippen LogP) is 2.51. The monoisotopic (exact) mass is 203 g/mol. The zero-order valence-electron chi connectivity index (χ0n) is 7.69. The van der Waals surface area contributed by atoms with E-state index >= 15 is 0 Å². The van der Waals surface area contributed by atoms with Crippen molar-refractivity contribution in [2.24, 2.45) is 0 Å². The summed E-state index contributed by atoms with van der Waals surface area (Å²) in [5.74, 6) is 0. The number of H-pyrrole nitrogens is 1. The third-order valence-corrected chi connectivity index (χ3v) is 2.10. The molecule has 0 atom stereocenters. The average Bonchev–Trinajstić information content (AvgIpc) is 2.21. The van der Waals surface area contributed by atoms with Crippen LogP contribution < -0.4 is 0 Å². The maximum Gasteiger partial charge on any atom is 0.121 e. The molecule has 0 aliphatic carbocycles. The standard InChI is InChI=1S/C10H9N3S/c1-7-2-3-8(4-11-7)9-5-13-10(14)6-12-9/h2-6H,1H3,(H,13,14). The molecular formula is C10H9N3S. The molecule has 14 heavy (non-hydrogen) atoms. The molecule has 0 aliphatic heterocycles. The number of rotatable bonds is 1. The number of hydrogen-bond acceptors (Lipinski definition) is 3. The lowest BCUT2D eigenvalue weighted by atomic mass is 10.2. The smallest absolute Gasteiger partial charge is 0.121 e. The fourth-order valence-electron chi connectivity index (χ4n) is 1.12. The van der Waals surface area contributed by atoms with Gasteiger partial charge in [0.1, 0.15) is 4.64 Å². The molecule has 0 unspecified atom stereocenters. The zero-order chi connectivity index (χ0) is 9.97. The van der Waals surface area contributed by atoms with Gasteiger partial charge in [-0.15, -0.1) is 0 Å². The molecule has 0 aliphatic rings. The minimum atomic E-state index is 0.633. The van der Waals surface area contributed by atoms with E-state index in [4.69, 9.17) is 12.2 Å². The topological polar surface area (TPSA) is 41.6 Å². The van der Waals surface area contributed by atoms with Crippen LogP contribution in [0.1, 0.15) is 5.69 Å². The van der Waals surface area contributed by atoms with Crippen LogP contribution in [-0.4, -0.2) is 15.0 Å². The van der Waals surface area contributed by atoms with Crippen molar-refractivity contribution >= 4 is 12.2 Å². The molecule has 70 valence electrons. The summed E-state index contributed by atoms with van der Waals surface area (Å²) in [5, 5.41) is 0. The van der Waals surface area contributed by atoms with E-state index in [0.717, 1.165) is 17.0 Å². The van der Waals surface area contributed by atoms with Crippen LogP contribution in [0.15, 0.2) is 30.7 Å². The minimum absolute atomic E-state index is 0.633. The second kappa shape index (κ2) is 3.67. The molecule has 2 aromatic heterocycles. The summed E-state index contributed by atoms with van der Waals surface area (Å²) < 4.78 is 0.633. The van der Waals surface area contributed by atoms with Crippen LogP contribution in [0.5, 0.6) is 0 Å². The highest BCUT2D eigenvalue weighted by Gasteiger charge is 1.97. The van der Waals surface area contributed by atoms with Crippen LogP contribution in [0.25, 0.3) is 11.3 Å². The Morgan fingerprint density at radius 3 is 2.64 bits per heavy atom. The second-order valence-corrected chi connectivity index (χ2v) is 3.42. The summed E-state index contributed by atoms with van der Waals surface area (Å²) in [6.07, 6.45) is 5.22. The summed E-state index contributed by atoms with van der Waals surface area (Å²) in [6.45, 7) is 1.95. The maximum atomic E-state index is 4.91. The van der Waals surface area contributed by atoms with Crippen LogP contribution in [0.3, 0.4) is 0 Å². The Morgan fingerprint density at radius 2 is 2.07 bits per heavy atom. The lowest BCUT2D eigenvalue weighted by Gasteiger charge is -1.99. The van der Waals surface area contributed by atoms with Gasteiger partial charge in [0.2, 0.25) is 0 Å². The highest BCUT2D eigenvalue weighted by atomic mass is 32.1. The van der Waals surface area contributed by atoms with Gasteiger partial charge in [-0.25, -0.2) is 0 Å². The van der Waals surface area contributed by atoms with Gasteiger partial charge in [-0.3, -0.25) is 9.97 Å². The van der Waals surface area contributed by atoms with Crippen molar-refractivity contribution < 1.29 is 0 Å². The van der Waals surface area contributed by atoms with Crippen LogP contribution in [0.4, 0.5) is 0 Å². The highest BCUT2D eigenvalue weighted by molar-refractivity contribution is 7.71. The molecule has 0 bridgehead atoms. The van der Waals surface area contributed by atoms with Crippen molar-refractivity contribution in [2.45, 2.75) is 6.92 Å². The number of hydrogen-bond donors (Lipinski definition) is 1. The molecule has 0 spiro atoms. The first-order chi connectivity index (χ1) is 6.75. The van der Waals surface area contributed by atoms with E-state index in [2.05, 4.69) is 15.0 Å². The molecule has 2 aromatic rings. The van der Waals surface area contributed by atoms with Gasteiger partial charge in [0.05, 0.1) is 11.9 Å². The van der Waals surface area contributed by atoms with Crippen molar-refractivity contribution in [3.05, 3.63) is 41.1 Å². The van der Waals surface area contributed by atoms with Crippen molar-refractivity contribution in [2.75, 3.05) is 0 Å². The van der Waals surface area contributed by atoms with Crippen molar-refractivity contribution in [3.8, 4) is 11.3 Å². The van der Waals surface area contributed by atoms with E-state index in [1.54, 1.807) is 18.6 Å². The summed E-state index contributed by atoms with van der Waals surface area (Å²) in [4.78, 5) is 11.3. The fraction of sp³-hybridized carbons (Fsp3) is 0.100. The number of aromatic nitrogens is 3. The summed E-state index contributed by atoms with van der Waals surface area (Å²) in [6, 6.07) is 3.94. The first-order valence-electron chi connectivity index (χ1n) is 4.23. The van der Waals surface area contributed by atoms with Gasteiger partial charge < -0.3 is 4.98 Å². The van der Waals surface area contributed by atoms with Crippen LogP contribution in [-0.2, 0) is 0 Å². The van der Waals surface area contributed by atoms with Crippen molar-refractivity contribution in [3.63, 3.8) is 0 Å². The largest absolute Gasteiger partial charge is 0.350 e. The molecule has 2 heterocycles. The lowest BCUT2D eigenvalue weighted by molar-refractivity contribution is 1.16. The lowest BCUT2D eigenvalue weighted by Crippen LogP contribution is -1.87. The van der Waals surface area contributed by atoms with Gasteiger partial charge in [-0.2, -0.15) is 0 Å². The summed E-state index contributed by atoms with van der Waals surface area (Å²) in [7, 11) is 0. The van der Waals surface area contributed by atoms with E-state index in [-0.39, 0.29) is 0 Å². The molecule has 0 saturated heterocycles. The van der Waals surface area contributed by atoms with Crippen molar-refractivity contribution in [1.29, 1.82) is 0 Å². The average molecular weight is 203 g/mol. The number of aryl methyl sites for hydroxylation is 1. The zero-order valence-corrected chi connectivity index (χ0v) is 8.51. The van der Waals surface area contributed by atoms with Gasteiger partial charge in [0, 0.05) is 23.7 Å². The second-order valence-electron chi connectivity index (χ2n) is 2.98. The molecule has 0 aromatic carbocycles. The normalized spacial score (nSPS) is 10.1. The molecule has 0 fully saturated rings. The molecule has 2 rings (SSSR count). The van der Waals surface area contributed by atoms with Crippen LogP contribution in [0.2, 0.25) is 0 Å². The number of nitrogens with zero attached hydrogens (tertiary/aromatic N) is 2. The first-order valence-corrected chi connectivity index (χ1v) is 4.64. The first kappa shape index (κ1) is 9.02. The minimum Gasteiger partial charge on any atom is -0.350 e. The van der Waals surface area contributed by atoms with E-state index in [9.17, 15) is 0 Å². The number of nitrogens with one attached hydrogen (secondary N) is 1. The van der Waals surface area contributed by atoms with Gasteiger partial charge in [0.15, 0.2) is 0 Å². The molecule has 1 N–H and O–H groups in total. The molecule has 4 heteroatoms. The number of pyridine rings is 1. The predicted molar refractivity (Wildman–Crippen MR) is 57.4 cm³/mol. The molecule has 0 amide bonds. The Hall–Kier alpha value is -1.55. The van der Waals surface area contributed by atoms with Crippen molar-refractivity contribution in [1.82, 2.24) is 15.0 Å². The molecule has 0 saturated carbocycles. The van der Waals surface area contributed by atoms with Gasteiger partial charge in [-0.05, 0) is 19.1 Å². The Balaban J connectivity index is 2.44. The highest BCUT2D eigenvalue weighted by Crippen LogP contribution is 2.13.